The van der Waals surface area contributed by atoms with E-state index in [4.69, 9.17) is 0 Å². The predicted molar refractivity (Wildman–Crippen MR) is 70.6 cm³/mol. The Bertz CT molecular complexity index is 527. The van der Waals surface area contributed by atoms with Crippen LogP contribution in [0.5, 0.6) is 0 Å². The smallest absolute Gasteiger partial charge is 0.200 e. The summed E-state index contributed by atoms with van der Waals surface area (Å²) in [4.78, 5) is 0. The van der Waals surface area contributed by atoms with Gasteiger partial charge in [-0.05, 0) is 31.7 Å². The van der Waals surface area contributed by atoms with Crippen molar-refractivity contribution in [2.75, 3.05) is 11.9 Å². The predicted octanol–water partition coefficient (Wildman–Crippen LogP) is 2.42. The molecule has 96 valence electrons. The van der Waals surface area contributed by atoms with Crippen molar-refractivity contribution < 1.29 is 0 Å². The van der Waals surface area contributed by atoms with Crippen molar-refractivity contribution in [1.29, 1.82) is 0 Å². The van der Waals surface area contributed by atoms with Crippen LogP contribution >= 0.6 is 0 Å². The van der Waals surface area contributed by atoms with E-state index < -0.39 is 0 Å². The van der Waals surface area contributed by atoms with E-state index >= 15 is 0 Å². The van der Waals surface area contributed by atoms with Gasteiger partial charge in [0.15, 0.2) is 0 Å². The highest BCUT2D eigenvalue weighted by Crippen LogP contribution is 2.24. The topological polar surface area (TPSA) is 55.1 Å². The minimum absolute atomic E-state index is 0.801. The molecule has 0 aromatic carbocycles. The average Bonchev–Trinajstić information content (AvgIpc) is 2.85. The van der Waals surface area contributed by atoms with Gasteiger partial charge in [0.05, 0.1) is 11.4 Å². The highest BCUT2D eigenvalue weighted by molar-refractivity contribution is 5.66. The van der Waals surface area contributed by atoms with Crippen molar-refractivity contribution in [3.05, 3.63) is 18.1 Å². The maximum atomic E-state index is 4.34. The molecule has 0 aliphatic heterocycles. The first kappa shape index (κ1) is 11.4. The van der Waals surface area contributed by atoms with E-state index in [2.05, 4.69) is 20.6 Å². The summed E-state index contributed by atoms with van der Waals surface area (Å²) >= 11 is 0. The largest absolute Gasteiger partial charge is 0.382 e. The van der Waals surface area contributed by atoms with Crippen molar-refractivity contribution in [2.45, 2.75) is 39.0 Å². The van der Waals surface area contributed by atoms with E-state index in [0.717, 1.165) is 29.5 Å². The molecule has 0 spiro atoms. The Morgan fingerprint density at radius 1 is 1.33 bits per heavy atom. The average molecular weight is 245 g/mol. The monoisotopic (exact) mass is 245 g/mol. The molecule has 5 nitrogen and oxygen atoms in total. The van der Waals surface area contributed by atoms with E-state index in [0.29, 0.717) is 0 Å². The highest BCUT2D eigenvalue weighted by Gasteiger charge is 2.14. The van der Waals surface area contributed by atoms with Crippen LogP contribution in [-0.2, 0) is 0 Å². The lowest BCUT2D eigenvalue weighted by atomic mass is 9.89. The Morgan fingerprint density at radius 3 is 3.00 bits per heavy atom. The SMILES string of the molecule is Cc1cc(NCC2CCCCC2)c2nncn2n1. The van der Waals surface area contributed by atoms with Crippen LogP contribution in [-0.4, -0.2) is 26.4 Å². The fourth-order valence-electron chi connectivity index (χ4n) is 2.73. The molecule has 2 aromatic rings. The summed E-state index contributed by atoms with van der Waals surface area (Å²) in [5.41, 5.74) is 2.84. The van der Waals surface area contributed by atoms with Gasteiger partial charge in [-0.2, -0.15) is 9.61 Å². The quantitative estimate of drug-likeness (QED) is 0.902. The van der Waals surface area contributed by atoms with Crippen LogP contribution in [0.1, 0.15) is 37.8 Å². The third-order valence-electron chi connectivity index (χ3n) is 3.70. The second-order valence-corrected chi connectivity index (χ2v) is 5.18. The fourth-order valence-corrected chi connectivity index (χ4v) is 2.73. The third kappa shape index (κ3) is 2.30. The van der Waals surface area contributed by atoms with Crippen molar-refractivity contribution in [3.8, 4) is 0 Å². The number of fused-ring (bicyclic) bond motifs is 1. The molecule has 1 saturated carbocycles. The van der Waals surface area contributed by atoms with Crippen LogP contribution in [0.25, 0.3) is 5.65 Å². The second-order valence-electron chi connectivity index (χ2n) is 5.18. The number of rotatable bonds is 3. The van der Waals surface area contributed by atoms with Gasteiger partial charge in [-0.1, -0.05) is 19.3 Å². The Labute approximate surface area is 107 Å². The lowest BCUT2D eigenvalue weighted by molar-refractivity contribution is 0.373. The van der Waals surface area contributed by atoms with Gasteiger partial charge in [-0.3, -0.25) is 0 Å². The number of hydrogen-bond acceptors (Lipinski definition) is 4. The molecule has 2 heterocycles. The number of hydrogen-bond donors (Lipinski definition) is 1. The number of aromatic nitrogens is 4. The lowest BCUT2D eigenvalue weighted by Gasteiger charge is -2.22. The lowest BCUT2D eigenvalue weighted by Crippen LogP contribution is -2.17. The standard InChI is InChI=1S/C13H19N5/c1-10-7-12(13-16-15-9-18(13)17-10)14-8-11-5-3-2-4-6-11/h7,9,11,14H,2-6,8H2,1H3. The fraction of sp³-hybridized carbons (Fsp3) is 0.615. The molecule has 0 bridgehead atoms. The normalized spacial score (nSPS) is 17.2. The first-order valence-corrected chi connectivity index (χ1v) is 6.74. The summed E-state index contributed by atoms with van der Waals surface area (Å²) in [6, 6.07) is 2.05. The van der Waals surface area contributed by atoms with Crippen LogP contribution in [0.15, 0.2) is 12.4 Å². The molecular formula is C13H19N5. The zero-order chi connectivity index (χ0) is 12.4. The summed E-state index contributed by atoms with van der Waals surface area (Å²) in [7, 11) is 0. The van der Waals surface area contributed by atoms with Gasteiger partial charge in [-0.15, -0.1) is 10.2 Å². The van der Waals surface area contributed by atoms with Crippen LogP contribution in [0.4, 0.5) is 5.69 Å². The molecule has 1 aliphatic rings. The van der Waals surface area contributed by atoms with Crippen molar-refractivity contribution in [3.63, 3.8) is 0 Å². The van der Waals surface area contributed by atoms with E-state index in [1.165, 1.54) is 32.1 Å². The maximum absolute atomic E-state index is 4.34. The van der Waals surface area contributed by atoms with Gasteiger partial charge in [0.25, 0.3) is 0 Å². The molecule has 18 heavy (non-hydrogen) atoms. The van der Waals surface area contributed by atoms with Gasteiger partial charge >= 0.3 is 0 Å². The zero-order valence-electron chi connectivity index (χ0n) is 10.8. The first-order valence-electron chi connectivity index (χ1n) is 6.74. The summed E-state index contributed by atoms with van der Waals surface area (Å²) in [5, 5.41) is 15.9. The number of nitrogens with one attached hydrogen (secondary N) is 1. The molecule has 1 fully saturated rings. The minimum Gasteiger partial charge on any atom is -0.382 e. The molecule has 0 atom stereocenters. The van der Waals surface area contributed by atoms with Crippen molar-refractivity contribution >= 4 is 11.3 Å². The van der Waals surface area contributed by atoms with Crippen LogP contribution in [0, 0.1) is 12.8 Å². The Kier molecular flexibility index (Phi) is 3.13. The van der Waals surface area contributed by atoms with Gasteiger partial charge in [-0.25, -0.2) is 0 Å². The molecule has 1 aliphatic carbocycles. The minimum atomic E-state index is 0.801. The Balaban J connectivity index is 1.75. The molecular weight excluding hydrogens is 226 g/mol. The Morgan fingerprint density at radius 2 is 2.17 bits per heavy atom. The summed E-state index contributed by atoms with van der Waals surface area (Å²) in [6.07, 6.45) is 8.50. The van der Waals surface area contributed by atoms with E-state index in [-0.39, 0.29) is 0 Å². The first-order chi connectivity index (χ1) is 8.83. The van der Waals surface area contributed by atoms with Crippen LogP contribution < -0.4 is 5.32 Å². The molecule has 2 aromatic heterocycles. The van der Waals surface area contributed by atoms with E-state index in [1.807, 2.05) is 13.0 Å². The van der Waals surface area contributed by atoms with Gasteiger partial charge in [0.2, 0.25) is 5.65 Å². The Hall–Kier alpha value is -1.65. The maximum Gasteiger partial charge on any atom is 0.200 e. The number of anilines is 1. The van der Waals surface area contributed by atoms with E-state index in [9.17, 15) is 0 Å². The summed E-state index contributed by atoms with van der Waals surface area (Å²) in [6.45, 7) is 3.03. The summed E-state index contributed by atoms with van der Waals surface area (Å²) < 4.78 is 1.73. The molecule has 3 rings (SSSR count). The highest BCUT2D eigenvalue weighted by atomic mass is 15.3. The third-order valence-corrected chi connectivity index (χ3v) is 3.70. The molecule has 1 N–H and O–H groups in total. The molecule has 0 amide bonds. The van der Waals surface area contributed by atoms with Gasteiger partial charge < -0.3 is 5.32 Å². The van der Waals surface area contributed by atoms with Gasteiger partial charge in [0, 0.05) is 6.54 Å². The van der Waals surface area contributed by atoms with Crippen LogP contribution in [0.2, 0.25) is 0 Å². The van der Waals surface area contributed by atoms with Crippen molar-refractivity contribution in [1.82, 2.24) is 19.8 Å². The zero-order valence-corrected chi connectivity index (χ0v) is 10.8. The molecule has 0 unspecified atom stereocenters. The van der Waals surface area contributed by atoms with E-state index in [1.54, 1.807) is 10.8 Å². The summed E-state index contributed by atoms with van der Waals surface area (Å²) in [5.74, 6) is 0.801. The molecule has 0 saturated heterocycles. The molecule has 0 radical (unpaired) electrons. The van der Waals surface area contributed by atoms with Crippen LogP contribution in [0.3, 0.4) is 0 Å². The molecule has 5 heteroatoms. The number of aryl methyl sites for hydroxylation is 1. The second kappa shape index (κ2) is 4.92. The van der Waals surface area contributed by atoms with Gasteiger partial charge in [0.1, 0.15) is 6.33 Å². The number of nitrogens with zero attached hydrogens (tertiary/aromatic N) is 4. The van der Waals surface area contributed by atoms with Crippen molar-refractivity contribution in [2.24, 2.45) is 5.92 Å².